The van der Waals surface area contributed by atoms with Crippen LogP contribution < -0.4 is 9.62 Å². The standard InChI is InChI=1S/C20H21N3O8S/c1-30-19(24)13-9-14(20(25)31-2)11-15(10-13)21-32(28,29)16-5-6-17(18(12-16)23(26)27)22-7-3-4-8-22/h5-6,9-12,21H,3-4,7-8H2,1-2H3. The molecule has 2 aromatic rings. The van der Waals surface area contributed by atoms with Crippen molar-refractivity contribution in [1.29, 1.82) is 0 Å². The number of ether oxygens (including phenoxy) is 2. The fourth-order valence-electron chi connectivity index (χ4n) is 3.41. The molecule has 170 valence electrons. The van der Waals surface area contributed by atoms with Gasteiger partial charge in [0.1, 0.15) is 5.69 Å². The van der Waals surface area contributed by atoms with Gasteiger partial charge in [-0.1, -0.05) is 0 Å². The van der Waals surface area contributed by atoms with Crippen molar-refractivity contribution in [3.63, 3.8) is 0 Å². The van der Waals surface area contributed by atoms with E-state index in [1.165, 1.54) is 30.3 Å². The van der Waals surface area contributed by atoms with Gasteiger partial charge in [0.05, 0.1) is 40.9 Å². The van der Waals surface area contributed by atoms with Crippen LogP contribution in [0, 0.1) is 10.1 Å². The lowest BCUT2D eigenvalue weighted by Gasteiger charge is -2.18. The number of nitrogens with zero attached hydrogens (tertiary/aromatic N) is 2. The van der Waals surface area contributed by atoms with Gasteiger partial charge in [-0.2, -0.15) is 0 Å². The molecule has 0 atom stereocenters. The summed E-state index contributed by atoms with van der Waals surface area (Å²) < 4.78 is 37.4. The van der Waals surface area contributed by atoms with Gasteiger partial charge < -0.3 is 14.4 Å². The molecule has 12 heteroatoms. The van der Waals surface area contributed by atoms with Gasteiger partial charge in [-0.15, -0.1) is 0 Å². The first kappa shape index (κ1) is 23.0. The Bertz CT molecular complexity index is 1140. The van der Waals surface area contributed by atoms with E-state index in [1.54, 1.807) is 0 Å². The van der Waals surface area contributed by atoms with Gasteiger partial charge >= 0.3 is 11.9 Å². The van der Waals surface area contributed by atoms with Crippen LogP contribution in [0.25, 0.3) is 0 Å². The summed E-state index contributed by atoms with van der Waals surface area (Å²) >= 11 is 0. The lowest BCUT2D eigenvalue weighted by Crippen LogP contribution is -2.20. The molecular formula is C20H21N3O8S. The number of nitro groups is 1. The van der Waals surface area contributed by atoms with Crippen LogP contribution in [-0.2, 0) is 19.5 Å². The van der Waals surface area contributed by atoms with E-state index in [0.717, 1.165) is 33.1 Å². The predicted octanol–water partition coefficient (Wildman–Crippen LogP) is 2.57. The Balaban J connectivity index is 2.00. The first-order valence-corrected chi connectivity index (χ1v) is 11.0. The van der Waals surface area contributed by atoms with Gasteiger partial charge in [0.15, 0.2) is 0 Å². The molecule has 1 heterocycles. The normalized spacial score (nSPS) is 13.5. The minimum Gasteiger partial charge on any atom is -0.465 e. The Morgan fingerprint density at radius 3 is 2.06 bits per heavy atom. The van der Waals surface area contributed by atoms with Crippen molar-refractivity contribution in [2.45, 2.75) is 17.7 Å². The molecule has 1 aliphatic rings. The van der Waals surface area contributed by atoms with Crippen LogP contribution in [0.4, 0.5) is 17.1 Å². The molecule has 0 radical (unpaired) electrons. The molecule has 1 N–H and O–H groups in total. The van der Waals surface area contributed by atoms with Gasteiger partial charge in [-0.3, -0.25) is 14.8 Å². The third-order valence-electron chi connectivity index (χ3n) is 4.93. The number of benzene rings is 2. The minimum atomic E-state index is -4.29. The van der Waals surface area contributed by atoms with Crippen LogP contribution in [0.1, 0.15) is 33.6 Å². The Hall–Kier alpha value is -3.67. The smallest absolute Gasteiger partial charge is 0.337 e. The van der Waals surface area contributed by atoms with E-state index in [9.17, 15) is 28.1 Å². The molecule has 2 aromatic carbocycles. The number of sulfonamides is 1. The van der Waals surface area contributed by atoms with Crippen LogP contribution in [0.3, 0.4) is 0 Å². The van der Waals surface area contributed by atoms with Gasteiger partial charge in [0, 0.05) is 19.2 Å². The summed E-state index contributed by atoms with van der Waals surface area (Å²) in [5.74, 6) is -1.58. The average Bonchev–Trinajstić information content (AvgIpc) is 3.31. The lowest BCUT2D eigenvalue weighted by molar-refractivity contribution is -0.384. The zero-order valence-corrected chi connectivity index (χ0v) is 18.2. The number of anilines is 2. The third kappa shape index (κ3) is 4.80. The number of rotatable bonds is 7. The zero-order valence-electron chi connectivity index (χ0n) is 17.4. The molecule has 32 heavy (non-hydrogen) atoms. The van der Waals surface area contributed by atoms with Gasteiger partial charge in [-0.25, -0.2) is 18.0 Å². The summed E-state index contributed by atoms with van der Waals surface area (Å²) in [6, 6.07) is 7.23. The third-order valence-corrected chi connectivity index (χ3v) is 6.31. The zero-order chi connectivity index (χ0) is 23.5. The fraction of sp³-hybridized carbons (Fsp3) is 0.300. The van der Waals surface area contributed by atoms with E-state index >= 15 is 0 Å². The molecular weight excluding hydrogens is 442 g/mol. The SMILES string of the molecule is COC(=O)c1cc(NS(=O)(=O)c2ccc(N3CCCC3)c([N+](=O)[O-])c2)cc(C(=O)OC)c1. The van der Waals surface area contributed by atoms with E-state index in [2.05, 4.69) is 14.2 Å². The number of esters is 2. The Morgan fingerprint density at radius 1 is 1.00 bits per heavy atom. The summed E-state index contributed by atoms with van der Waals surface area (Å²) in [5, 5.41) is 11.6. The maximum absolute atomic E-state index is 12.9. The number of nitrogens with one attached hydrogen (secondary N) is 1. The van der Waals surface area contributed by atoms with Crippen molar-refractivity contribution in [2.24, 2.45) is 0 Å². The van der Waals surface area contributed by atoms with E-state index in [4.69, 9.17) is 0 Å². The Kier molecular flexibility index (Phi) is 6.63. The van der Waals surface area contributed by atoms with Gasteiger partial charge in [-0.05, 0) is 43.2 Å². The second-order valence-corrected chi connectivity index (χ2v) is 8.67. The number of nitro benzene ring substituents is 1. The molecule has 0 unspecified atom stereocenters. The molecule has 0 spiro atoms. The molecule has 1 saturated heterocycles. The molecule has 3 rings (SSSR count). The van der Waals surface area contributed by atoms with Crippen molar-refractivity contribution in [3.05, 3.63) is 57.6 Å². The topological polar surface area (TPSA) is 145 Å². The molecule has 0 saturated carbocycles. The van der Waals surface area contributed by atoms with E-state index < -0.39 is 26.9 Å². The van der Waals surface area contributed by atoms with E-state index in [1.807, 2.05) is 4.90 Å². The second kappa shape index (κ2) is 9.22. The fourth-order valence-corrected chi connectivity index (χ4v) is 4.47. The molecule has 0 bridgehead atoms. The monoisotopic (exact) mass is 463 g/mol. The van der Waals surface area contributed by atoms with Crippen molar-refractivity contribution in [1.82, 2.24) is 0 Å². The molecule has 1 fully saturated rings. The van der Waals surface area contributed by atoms with Crippen molar-refractivity contribution >= 4 is 39.0 Å². The first-order chi connectivity index (χ1) is 15.2. The number of hydrogen-bond acceptors (Lipinski definition) is 9. The van der Waals surface area contributed by atoms with Crippen LogP contribution in [0.15, 0.2) is 41.3 Å². The van der Waals surface area contributed by atoms with E-state index in [-0.39, 0.29) is 27.4 Å². The van der Waals surface area contributed by atoms with Crippen LogP contribution in [-0.4, -0.2) is 52.6 Å². The highest BCUT2D eigenvalue weighted by atomic mass is 32.2. The minimum absolute atomic E-state index is 0.0801. The molecule has 1 aliphatic heterocycles. The number of methoxy groups -OCH3 is 2. The summed E-state index contributed by atoms with van der Waals surface area (Å²) in [4.78, 5) is 36.3. The van der Waals surface area contributed by atoms with Crippen molar-refractivity contribution < 1.29 is 32.4 Å². The molecule has 0 aromatic heterocycles. The van der Waals surface area contributed by atoms with Gasteiger partial charge in [0.25, 0.3) is 15.7 Å². The predicted molar refractivity (Wildman–Crippen MR) is 114 cm³/mol. The molecule has 0 amide bonds. The Morgan fingerprint density at radius 2 is 1.56 bits per heavy atom. The first-order valence-electron chi connectivity index (χ1n) is 9.54. The summed E-state index contributed by atoms with van der Waals surface area (Å²) in [7, 11) is -2.01. The number of carbonyl (C=O) groups is 2. The highest BCUT2D eigenvalue weighted by Gasteiger charge is 2.26. The largest absolute Gasteiger partial charge is 0.465 e. The summed E-state index contributed by atoms with van der Waals surface area (Å²) in [6.45, 7) is 1.31. The summed E-state index contributed by atoms with van der Waals surface area (Å²) in [6.07, 6.45) is 1.80. The molecule has 11 nitrogen and oxygen atoms in total. The quantitative estimate of drug-likeness (QED) is 0.372. The number of carbonyl (C=O) groups excluding carboxylic acids is 2. The molecule has 0 aliphatic carbocycles. The van der Waals surface area contributed by atoms with Crippen LogP contribution >= 0.6 is 0 Å². The maximum Gasteiger partial charge on any atom is 0.337 e. The van der Waals surface area contributed by atoms with Crippen molar-refractivity contribution in [3.8, 4) is 0 Å². The van der Waals surface area contributed by atoms with Crippen LogP contribution in [0.5, 0.6) is 0 Å². The Labute approximate surface area is 184 Å². The van der Waals surface area contributed by atoms with Gasteiger partial charge in [0.2, 0.25) is 0 Å². The van der Waals surface area contributed by atoms with Crippen molar-refractivity contribution in [2.75, 3.05) is 36.9 Å². The highest BCUT2D eigenvalue weighted by Crippen LogP contribution is 2.33. The number of hydrogen-bond donors (Lipinski definition) is 1. The van der Waals surface area contributed by atoms with E-state index in [0.29, 0.717) is 18.8 Å². The maximum atomic E-state index is 12.9. The highest BCUT2D eigenvalue weighted by molar-refractivity contribution is 7.92. The van der Waals surface area contributed by atoms with Crippen LogP contribution in [0.2, 0.25) is 0 Å². The average molecular weight is 463 g/mol. The summed E-state index contributed by atoms with van der Waals surface area (Å²) in [5.41, 5.74) is -0.244. The lowest BCUT2D eigenvalue weighted by atomic mass is 10.1. The second-order valence-electron chi connectivity index (χ2n) is 6.99.